The molecule has 112 valence electrons. The molecule has 3 heteroatoms. The van der Waals surface area contributed by atoms with Gasteiger partial charge in [0, 0.05) is 23.9 Å². The summed E-state index contributed by atoms with van der Waals surface area (Å²) in [6.07, 6.45) is 2.58. The van der Waals surface area contributed by atoms with E-state index in [1.165, 1.54) is 16.7 Å². The first-order valence-electron chi connectivity index (χ1n) is 8.13. The van der Waals surface area contributed by atoms with E-state index in [0.29, 0.717) is 30.1 Å². The van der Waals surface area contributed by atoms with Crippen LogP contribution in [0.4, 0.5) is 0 Å². The van der Waals surface area contributed by atoms with Crippen molar-refractivity contribution in [1.82, 2.24) is 4.90 Å². The Bertz CT molecular complexity index is 609. The second-order valence-electron chi connectivity index (χ2n) is 6.86. The maximum Gasteiger partial charge on any atom is 0.173 e. The Labute approximate surface area is 126 Å². The van der Waals surface area contributed by atoms with Gasteiger partial charge in [0.15, 0.2) is 11.9 Å². The van der Waals surface area contributed by atoms with E-state index in [0.717, 1.165) is 25.1 Å². The minimum atomic E-state index is -0.216. The Hall–Kier alpha value is -1.35. The third-order valence-electron chi connectivity index (χ3n) is 5.88. The van der Waals surface area contributed by atoms with Crippen molar-refractivity contribution in [2.45, 2.75) is 51.2 Å². The first kappa shape index (κ1) is 13.3. The van der Waals surface area contributed by atoms with Crippen molar-refractivity contribution in [2.24, 2.45) is 5.92 Å². The second-order valence-corrected chi connectivity index (χ2v) is 6.86. The van der Waals surface area contributed by atoms with E-state index >= 15 is 0 Å². The van der Waals surface area contributed by atoms with Crippen molar-refractivity contribution in [1.29, 1.82) is 0 Å². The number of ketones is 1. The average molecular weight is 285 g/mol. The molecule has 21 heavy (non-hydrogen) atoms. The molecule has 0 N–H and O–H groups in total. The lowest BCUT2D eigenvalue weighted by Gasteiger charge is -2.44. The molecule has 3 nitrogen and oxygen atoms in total. The normalized spacial score (nSPS) is 33.0. The number of nitrogens with zero attached hydrogens (tertiary/aromatic N) is 1. The molecule has 1 aromatic carbocycles. The van der Waals surface area contributed by atoms with E-state index in [1.807, 2.05) is 0 Å². The highest BCUT2D eigenvalue weighted by Gasteiger charge is 2.53. The number of likely N-dealkylation sites (N-methyl/N-ethyl adjacent to an activating group) is 1. The van der Waals surface area contributed by atoms with Crippen LogP contribution < -0.4 is 4.74 Å². The van der Waals surface area contributed by atoms with Crippen LogP contribution in [0, 0.1) is 12.8 Å². The Kier molecular flexibility index (Phi) is 2.90. The molecule has 0 amide bonds. The molecular formula is C18H23NO2. The average Bonchev–Trinajstić information content (AvgIpc) is 2.91. The minimum absolute atomic E-state index is 0.216. The van der Waals surface area contributed by atoms with Gasteiger partial charge in [-0.15, -0.1) is 0 Å². The third kappa shape index (κ3) is 1.73. The number of carbonyl (C=O) groups is 1. The van der Waals surface area contributed by atoms with Gasteiger partial charge in [-0.3, -0.25) is 4.79 Å². The second kappa shape index (κ2) is 4.57. The smallest absolute Gasteiger partial charge is 0.173 e. The van der Waals surface area contributed by atoms with Gasteiger partial charge in [0.25, 0.3) is 0 Å². The summed E-state index contributed by atoms with van der Waals surface area (Å²) in [6, 6.07) is 4.95. The number of hydrogen-bond acceptors (Lipinski definition) is 3. The molecule has 0 aromatic heterocycles. The molecule has 1 heterocycles. The number of aryl methyl sites for hydroxylation is 1. The molecule has 0 radical (unpaired) electrons. The Morgan fingerprint density at radius 2 is 2.19 bits per heavy atom. The number of hydrogen-bond donors (Lipinski definition) is 0. The van der Waals surface area contributed by atoms with Gasteiger partial charge in [-0.25, -0.2) is 0 Å². The number of Topliss-reactive ketones (excluding diaryl/α,β-unsaturated/α-hetero) is 1. The fourth-order valence-electron chi connectivity index (χ4n) is 4.66. The molecule has 1 aliphatic heterocycles. The van der Waals surface area contributed by atoms with Crippen molar-refractivity contribution in [3.63, 3.8) is 0 Å². The summed E-state index contributed by atoms with van der Waals surface area (Å²) in [5, 5.41) is 0. The zero-order valence-electron chi connectivity index (χ0n) is 13.1. The van der Waals surface area contributed by atoms with E-state index in [1.54, 1.807) is 0 Å². The zero-order valence-corrected chi connectivity index (χ0v) is 13.1. The van der Waals surface area contributed by atoms with Crippen LogP contribution in [0.5, 0.6) is 5.75 Å². The lowest BCUT2D eigenvalue weighted by Crippen LogP contribution is -2.50. The van der Waals surface area contributed by atoms with E-state index in [4.69, 9.17) is 4.74 Å². The van der Waals surface area contributed by atoms with E-state index < -0.39 is 0 Å². The highest BCUT2D eigenvalue weighted by Crippen LogP contribution is 2.54. The van der Waals surface area contributed by atoms with E-state index in [2.05, 4.69) is 37.9 Å². The van der Waals surface area contributed by atoms with Gasteiger partial charge in [0.1, 0.15) is 5.75 Å². The molecule has 3 unspecified atom stereocenters. The van der Waals surface area contributed by atoms with Crippen LogP contribution in [0.2, 0.25) is 0 Å². The van der Waals surface area contributed by atoms with Gasteiger partial charge in [0.2, 0.25) is 0 Å². The molecule has 4 atom stereocenters. The molecule has 0 spiro atoms. The van der Waals surface area contributed by atoms with Gasteiger partial charge in [-0.1, -0.05) is 19.1 Å². The first-order chi connectivity index (χ1) is 10.1. The lowest BCUT2D eigenvalue weighted by atomic mass is 9.64. The summed E-state index contributed by atoms with van der Waals surface area (Å²) < 4.78 is 6.14. The zero-order chi connectivity index (χ0) is 14.7. The largest absolute Gasteiger partial charge is 0.481 e. The van der Waals surface area contributed by atoms with Crippen LogP contribution >= 0.6 is 0 Å². The summed E-state index contributed by atoms with van der Waals surface area (Å²) in [6.45, 7) is 5.37. The maximum absolute atomic E-state index is 12.3. The summed E-state index contributed by atoms with van der Waals surface area (Å²) in [4.78, 5) is 14.8. The first-order valence-corrected chi connectivity index (χ1v) is 8.13. The van der Waals surface area contributed by atoms with Crippen LogP contribution in [0.1, 0.15) is 42.4 Å². The fourth-order valence-corrected chi connectivity index (χ4v) is 4.66. The van der Waals surface area contributed by atoms with Crippen molar-refractivity contribution >= 4 is 5.78 Å². The predicted octanol–water partition coefficient (Wildman–Crippen LogP) is 2.70. The summed E-state index contributed by atoms with van der Waals surface area (Å²) in [5.41, 5.74) is 3.94. The van der Waals surface area contributed by atoms with Gasteiger partial charge in [-0.2, -0.15) is 0 Å². The number of carbonyl (C=O) groups excluding carboxylic acids is 1. The summed E-state index contributed by atoms with van der Waals surface area (Å²) in [5.74, 6) is 2.18. The highest BCUT2D eigenvalue weighted by molar-refractivity contribution is 5.87. The quantitative estimate of drug-likeness (QED) is 0.837. The molecule has 1 aromatic rings. The Morgan fingerprint density at radius 3 is 2.95 bits per heavy atom. The van der Waals surface area contributed by atoms with Crippen LogP contribution in [0.3, 0.4) is 0 Å². The topological polar surface area (TPSA) is 29.5 Å². The molecule has 2 aliphatic carbocycles. The lowest BCUT2D eigenvalue weighted by molar-refractivity contribution is -0.130. The predicted molar refractivity (Wildman–Crippen MR) is 81.9 cm³/mol. The van der Waals surface area contributed by atoms with Crippen molar-refractivity contribution in [3.8, 4) is 5.75 Å². The SMILES string of the molecule is CCN(C)C1Cc2ccc(C)c3c2C2C1CCC(=O)[C@@H]2O3. The van der Waals surface area contributed by atoms with Crippen LogP contribution in [0.25, 0.3) is 0 Å². The minimum Gasteiger partial charge on any atom is -0.481 e. The van der Waals surface area contributed by atoms with Gasteiger partial charge < -0.3 is 9.64 Å². The molecule has 0 bridgehead atoms. The Morgan fingerprint density at radius 1 is 1.38 bits per heavy atom. The monoisotopic (exact) mass is 285 g/mol. The van der Waals surface area contributed by atoms with E-state index in [-0.39, 0.29) is 6.10 Å². The summed E-state index contributed by atoms with van der Waals surface area (Å²) in [7, 11) is 2.21. The van der Waals surface area contributed by atoms with Crippen molar-refractivity contribution in [2.75, 3.05) is 13.6 Å². The molecule has 1 saturated carbocycles. The standard InChI is InChI=1S/C18H23NO2/c1-4-19(3)13-9-11-6-5-10(2)17-15(11)16-12(13)7-8-14(20)18(16)21-17/h5-6,12-13,16,18H,4,7-9H2,1-3H3/t12?,13?,16?,18-/m0/s1. The highest BCUT2D eigenvalue weighted by atomic mass is 16.5. The molecule has 0 saturated heterocycles. The van der Waals surface area contributed by atoms with Crippen molar-refractivity contribution in [3.05, 3.63) is 28.8 Å². The molecule has 3 aliphatic rings. The number of benzene rings is 1. The third-order valence-corrected chi connectivity index (χ3v) is 5.88. The van der Waals surface area contributed by atoms with Gasteiger partial charge in [-0.05, 0) is 50.4 Å². The number of rotatable bonds is 2. The molecule has 4 rings (SSSR count). The molecular weight excluding hydrogens is 262 g/mol. The van der Waals surface area contributed by atoms with Crippen LogP contribution in [-0.2, 0) is 11.2 Å². The fraction of sp³-hybridized carbons (Fsp3) is 0.611. The van der Waals surface area contributed by atoms with Crippen molar-refractivity contribution < 1.29 is 9.53 Å². The molecule has 1 fully saturated rings. The maximum atomic E-state index is 12.3. The van der Waals surface area contributed by atoms with E-state index in [9.17, 15) is 4.79 Å². The van der Waals surface area contributed by atoms with Gasteiger partial charge >= 0.3 is 0 Å². The number of ether oxygens (including phenoxy) is 1. The van der Waals surface area contributed by atoms with Crippen LogP contribution in [-0.4, -0.2) is 36.4 Å². The summed E-state index contributed by atoms with van der Waals surface area (Å²) >= 11 is 0. The van der Waals surface area contributed by atoms with Gasteiger partial charge in [0.05, 0.1) is 0 Å². The Balaban J connectivity index is 1.86. The van der Waals surface area contributed by atoms with Crippen LogP contribution in [0.15, 0.2) is 12.1 Å².